The van der Waals surface area contributed by atoms with Crippen molar-refractivity contribution in [1.29, 1.82) is 0 Å². The highest BCUT2D eigenvalue weighted by atomic mass is 15.2. The number of terminal acetylenes is 1. The van der Waals surface area contributed by atoms with Gasteiger partial charge in [0.1, 0.15) is 0 Å². The van der Waals surface area contributed by atoms with Crippen LogP contribution in [0, 0.1) is 18.3 Å². The quantitative estimate of drug-likeness (QED) is 0.594. The molecule has 2 fully saturated rings. The van der Waals surface area contributed by atoms with E-state index in [1.54, 1.807) is 0 Å². The van der Waals surface area contributed by atoms with E-state index in [9.17, 15) is 0 Å². The zero-order chi connectivity index (χ0) is 9.26. The maximum atomic E-state index is 5.43. The minimum atomic E-state index is 0.312. The summed E-state index contributed by atoms with van der Waals surface area (Å²) in [5, 5.41) is 3.58. The smallest absolute Gasteiger partial charge is 0.0683 e. The fourth-order valence-electron chi connectivity index (χ4n) is 2.50. The van der Waals surface area contributed by atoms with Gasteiger partial charge in [0.2, 0.25) is 0 Å². The van der Waals surface area contributed by atoms with Crippen LogP contribution in [0.3, 0.4) is 0 Å². The molecule has 13 heavy (non-hydrogen) atoms. The van der Waals surface area contributed by atoms with Crippen LogP contribution in [0.1, 0.15) is 19.8 Å². The van der Waals surface area contributed by atoms with Gasteiger partial charge in [-0.2, -0.15) is 0 Å². The summed E-state index contributed by atoms with van der Waals surface area (Å²) in [5.74, 6) is 3.67. The molecule has 3 unspecified atom stereocenters. The van der Waals surface area contributed by atoms with Crippen LogP contribution >= 0.6 is 0 Å². The standard InChI is InChI=1S/C11H18N2/c1-3-9(2)13-7-10-5-4-6-12-11(10)8-13/h1,9-12H,4-8H2,2H3. The molecule has 0 radical (unpaired) electrons. The van der Waals surface area contributed by atoms with Gasteiger partial charge < -0.3 is 5.32 Å². The average molecular weight is 178 g/mol. The zero-order valence-corrected chi connectivity index (χ0v) is 8.29. The van der Waals surface area contributed by atoms with Crippen LogP contribution in [0.5, 0.6) is 0 Å². The van der Waals surface area contributed by atoms with Crippen molar-refractivity contribution in [2.45, 2.75) is 31.8 Å². The summed E-state index contributed by atoms with van der Waals surface area (Å²) in [6.07, 6.45) is 8.14. The Morgan fingerprint density at radius 3 is 3.08 bits per heavy atom. The molecule has 2 aliphatic heterocycles. The normalized spacial score (nSPS) is 36.6. The van der Waals surface area contributed by atoms with Gasteiger partial charge in [0.15, 0.2) is 0 Å². The van der Waals surface area contributed by atoms with Crippen molar-refractivity contribution in [3.05, 3.63) is 0 Å². The minimum absolute atomic E-state index is 0.312. The number of nitrogens with zero attached hydrogens (tertiary/aromatic N) is 1. The molecule has 3 atom stereocenters. The minimum Gasteiger partial charge on any atom is -0.312 e. The summed E-state index contributed by atoms with van der Waals surface area (Å²) in [6, 6.07) is 1.02. The molecule has 0 aliphatic carbocycles. The van der Waals surface area contributed by atoms with E-state index in [2.05, 4.69) is 23.1 Å². The molecule has 2 heterocycles. The van der Waals surface area contributed by atoms with E-state index < -0.39 is 0 Å². The third-order valence-electron chi connectivity index (χ3n) is 3.42. The Morgan fingerprint density at radius 2 is 2.38 bits per heavy atom. The van der Waals surface area contributed by atoms with Crippen LogP contribution in [-0.4, -0.2) is 36.6 Å². The molecule has 72 valence electrons. The van der Waals surface area contributed by atoms with Gasteiger partial charge in [0.25, 0.3) is 0 Å². The lowest BCUT2D eigenvalue weighted by Gasteiger charge is -2.24. The Hall–Kier alpha value is -0.520. The second kappa shape index (κ2) is 3.69. The fraction of sp³-hybridized carbons (Fsp3) is 0.818. The lowest BCUT2D eigenvalue weighted by atomic mass is 9.94. The summed E-state index contributed by atoms with van der Waals surface area (Å²) in [4.78, 5) is 2.42. The predicted molar refractivity (Wildman–Crippen MR) is 54.4 cm³/mol. The number of likely N-dealkylation sites (tertiary alicyclic amines) is 1. The summed E-state index contributed by atoms with van der Waals surface area (Å²) < 4.78 is 0. The first kappa shape index (κ1) is 9.05. The molecular weight excluding hydrogens is 160 g/mol. The van der Waals surface area contributed by atoms with Crippen LogP contribution in [0.4, 0.5) is 0 Å². The van der Waals surface area contributed by atoms with Crippen LogP contribution in [0.2, 0.25) is 0 Å². The molecule has 2 nitrogen and oxygen atoms in total. The van der Waals surface area contributed by atoms with Crippen molar-refractivity contribution in [3.8, 4) is 12.3 Å². The molecular formula is C11H18N2. The SMILES string of the molecule is C#CC(C)N1CC2CCCNC2C1. The van der Waals surface area contributed by atoms with E-state index >= 15 is 0 Å². The van der Waals surface area contributed by atoms with Gasteiger partial charge in [0.05, 0.1) is 6.04 Å². The number of hydrogen-bond acceptors (Lipinski definition) is 2. The molecule has 2 saturated heterocycles. The molecule has 2 aliphatic rings. The van der Waals surface area contributed by atoms with E-state index in [0.717, 1.165) is 12.5 Å². The molecule has 0 aromatic carbocycles. The molecule has 0 spiro atoms. The Morgan fingerprint density at radius 1 is 1.54 bits per heavy atom. The van der Waals surface area contributed by atoms with Gasteiger partial charge in [-0.15, -0.1) is 6.42 Å². The highest BCUT2D eigenvalue weighted by molar-refractivity contribution is 5.02. The molecule has 1 N–H and O–H groups in total. The Labute approximate surface area is 80.7 Å². The third-order valence-corrected chi connectivity index (χ3v) is 3.42. The van der Waals surface area contributed by atoms with Crippen LogP contribution in [0.15, 0.2) is 0 Å². The van der Waals surface area contributed by atoms with Gasteiger partial charge in [0, 0.05) is 19.1 Å². The topological polar surface area (TPSA) is 15.3 Å². The van der Waals surface area contributed by atoms with Crippen molar-refractivity contribution >= 4 is 0 Å². The lowest BCUT2D eigenvalue weighted by Crippen LogP contribution is -2.41. The molecule has 0 bridgehead atoms. The predicted octanol–water partition coefficient (Wildman–Crippen LogP) is 0.692. The molecule has 0 amide bonds. The van der Waals surface area contributed by atoms with Gasteiger partial charge >= 0.3 is 0 Å². The Kier molecular flexibility index (Phi) is 2.57. The van der Waals surface area contributed by atoms with Gasteiger partial charge in [-0.3, -0.25) is 4.90 Å². The average Bonchev–Trinajstić information content (AvgIpc) is 2.59. The first-order valence-corrected chi connectivity index (χ1v) is 5.25. The van der Waals surface area contributed by atoms with Crippen LogP contribution < -0.4 is 5.32 Å². The van der Waals surface area contributed by atoms with Crippen molar-refractivity contribution in [1.82, 2.24) is 10.2 Å². The fourth-order valence-corrected chi connectivity index (χ4v) is 2.50. The molecule has 0 aromatic heterocycles. The molecule has 2 rings (SSSR count). The maximum absolute atomic E-state index is 5.43. The maximum Gasteiger partial charge on any atom is 0.0683 e. The van der Waals surface area contributed by atoms with Crippen molar-refractivity contribution in [3.63, 3.8) is 0 Å². The van der Waals surface area contributed by atoms with Crippen molar-refractivity contribution in [2.24, 2.45) is 5.92 Å². The monoisotopic (exact) mass is 178 g/mol. The number of piperidine rings is 1. The second-order valence-corrected chi connectivity index (χ2v) is 4.26. The Bertz CT molecular complexity index is 205. The second-order valence-electron chi connectivity index (χ2n) is 4.26. The summed E-state index contributed by atoms with van der Waals surface area (Å²) in [7, 11) is 0. The van der Waals surface area contributed by atoms with E-state index in [1.807, 2.05) is 0 Å². The number of nitrogens with one attached hydrogen (secondary N) is 1. The number of fused-ring (bicyclic) bond motifs is 1. The largest absolute Gasteiger partial charge is 0.312 e. The summed E-state index contributed by atoms with van der Waals surface area (Å²) in [5.41, 5.74) is 0. The van der Waals surface area contributed by atoms with Gasteiger partial charge in [-0.1, -0.05) is 5.92 Å². The first-order chi connectivity index (χ1) is 6.31. The lowest BCUT2D eigenvalue weighted by molar-refractivity contribution is 0.292. The molecule has 0 aromatic rings. The number of hydrogen-bond donors (Lipinski definition) is 1. The third kappa shape index (κ3) is 1.72. The van der Waals surface area contributed by atoms with Crippen molar-refractivity contribution in [2.75, 3.05) is 19.6 Å². The first-order valence-electron chi connectivity index (χ1n) is 5.25. The Balaban J connectivity index is 1.95. The molecule has 2 heteroatoms. The highest BCUT2D eigenvalue weighted by Crippen LogP contribution is 2.25. The van der Waals surface area contributed by atoms with E-state index in [-0.39, 0.29) is 0 Å². The van der Waals surface area contributed by atoms with E-state index in [0.29, 0.717) is 12.1 Å². The summed E-state index contributed by atoms with van der Waals surface area (Å²) >= 11 is 0. The van der Waals surface area contributed by atoms with Crippen molar-refractivity contribution < 1.29 is 0 Å². The van der Waals surface area contributed by atoms with Gasteiger partial charge in [-0.05, 0) is 32.2 Å². The van der Waals surface area contributed by atoms with Crippen LogP contribution in [0.25, 0.3) is 0 Å². The van der Waals surface area contributed by atoms with E-state index in [1.165, 1.54) is 25.9 Å². The summed E-state index contributed by atoms with van der Waals surface area (Å²) in [6.45, 7) is 5.66. The van der Waals surface area contributed by atoms with Crippen LogP contribution in [-0.2, 0) is 0 Å². The highest BCUT2D eigenvalue weighted by Gasteiger charge is 2.35. The van der Waals surface area contributed by atoms with E-state index in [4.69, 9.17) is 6.42 Å². The zero-order valence-electron chi connectivity index (χ0n) is 8.29. The number of rotatable bonds is 1. The van der Waals surface area contributed by atoms with Gasteiger partial charge in [-0.25, -0.2) is 0 Å². The molecule has 0 saturated carbocycles.